The highest BCUT2D eigenvalue weighted by molar-refractivity contribution is 6.24. The number of hydrogen-bond acceptors (Lipinski definition) is 2. The molecule has 1 aliphatic rings. The van der Waals surface area contributed by atoms with Crippen molar-refractivity contribution in [3.63, 3.8) is 0 Å². The van der Waals surface area contributed by atoms with E-state index in [-0.39, 0.29) is 0 Å². The molecule has 3 heteroatoms. The van der Waals surface area contributed by atoms with Gasteiger partial charge in [-0.2, -0.15) is 0 Å². The zero-order valence-corrected chi connectivity index (χ0v) is 5.94. The summed E-state index contributed by atoms with van der Waals surface area (Å²) in [6, 6.07) is 0. The molecule has 0 bridgehead atoms. The molecule has 50 valence electrons. The second-order valence-electron chi connectivity index (χ2n) is 2.13. The predicted octanol–water partition coefficient (Wildman–Crippen LogP) is 0.901. The summed E-state index contributed by atoms with van der Waals surface area (Å²) < 4.78 is 0. The second-order valence-corrected chi connectivity index (χ2v) is 2.76. The highest BCUT2D eigenvalue weighted by atomic mass is 35.5. The van der Waals surface area contributed by atoms with E-state index in [0.29, 0.717) is 0 Å². The minimum Gasteiger partial charge on any atom is -0.358 e. The fourth-order valence-corrected chi connectivity index (χ4v) is 0.957. The molecule has 3 N–H and O–H groups in total. The maximum atomic E-state index is 5.71. The molecule has 9 heavy (non-hydrogen) atoms. The van der Waals surface area contributed by atoms with Crippen molar-refractivity contribution in [3.05, 3.63) is 23.9 Å². The van der Waals surface area contributed by atoms with E-state index in [9.17, 15) is 0 Å². The van der Waals surface area contributed by atoms with Crippen molar-refractivity contribution in [1.29, 1.82) is 0 Å². The number of dihydropyridines is 1. The van der Waals surface area contributed by atoms with Crippen LogP contribution in [0.1, 0.15) is 6.92 Å². The van der Waals surface area contributed by atoms with Gasteiger partial charge in [0.05, 0.1) is 0 Å². The summed E-state index contributed by atoms with van der Waals surface area (Å²) in [6.45, 7) is 1.95. The molecule has 0 aliphatic carbocycles. The normalized spacial score (nSPS) is 33.4. The smallest absolute Gasteiger partial charge is 0.183 e. The van der Waals surface area contributed by atoms with E-state index >= 15 is 0 Å². The van der Waals surface area contributed by atoms with Crippen LogP contribution in [0.15, 0.2) is 23.9 Å². The highest BCUT2D eigenvalue weighted by Gasteiger charge is 2.16. The number of rotatable bonds is 0. The molecule has 0 fully saturated rings. The number of halogens is 1. The molecular weight excluding hydrogens is 136 g/mol. The van der Waals surface area contributed by atoms with Crippen LogP contribution in [-0.2, 0) is 0 Å². The van der Waals surface area contributed by atoms with Crippen molar-refractivity contribution in [3.8, 4) is 0 Å². The maximum absolute atomic E-state index is 5.71. The molecule has 1 aliphatic heterocycles. The lowest BCUT2D eigenvalue weighted by Crippen LogP contribution is -2.44. The molecule has 1 unspecified atom stereocenters. The number of allylic oxidation sites excluding steroid dienone is 2. The van der Waals surface area contributed by atoms with Crippen LogP contribution in [0.3, 0.4) is 0 Å². The van der Waals surface area contributed by atoms with Gasteiger partial charge in [0.25, 0.3) is 0 Å². The summed E-state index contributed by atoms with van der Waals surface area (Å²) in [5.41, 5.74) is 6.57. The number of nitrogens with one attached hydrogen (secondary N) is 1. The average molecular weight is 145 g/mol. The summed E-state index contributed by atoms with van der Waals surface area (Å²) >= 11 is 5.71. The molecule has 2 nitrogen and oxygen atoms in total. The standard InChI is InChI=1S/C6H9ClN2/c1-5-2-3-9-6(7,8)4-5/h2-4,9H,8H2,1H3. The van der Waals surface area contributed by atoms with Gasteiger partial charge in [-0.05, 0) is 30.8 Å². The molecule has 0 spiro atoms. The zero-order chi connectivity index (χ0) is 6.91. The predicted molar refractivity (Wildman–Crippen MR) is 38.8 cm³/mol. The van der Waals surface area contributed by atoms with Crippen LogP contribution in [0.4, 0.5) is 0 Å². The monoisotopic (exact) mass is 144 g/mol. The third-order valence-electron chi connectivity index (χ3n) is 1.09. The molecule has 0 aromatic carbocycles. The molecule has 1 atom stereocenters. The molecule has 1 heterocycles. The molecule has 1 rings (SSSR count). The van der Waals surface area contributed by atoms with Crippen molar-refractivity contribution < 1.29 is 0 Å². The van der Waals surface area contributed by atoms with Gasteiger partial charge in [-0.3, -0.25) is 5.73 Å². The number of nitrogens with two attached hydrogens (primary N) is 1. The van der Waals surface area contributed by atoms with Crippen molar-refractivity contribution in [1.82, 2.24) is 5.32 Å². The first-order valence-electron chi connectivity index (χ1n) is 2.72. The number of hydrogen-bond donors (Lipinski definition) is 2. The highest BCUT2D eigenvalue weighted by Crippen LogP contribution is 2.12. The van der Waals surface area contributed by atoms with Crippen molar-refractivity contribution in [2.75, 3.05) is 0 Å². The van der Waals surface area contributed by atoms with Gasteiger partial charge in [0.15, 0.2) is 5.12 Å². The van der Waals surface area contributed by atoms with Gasteiger partial charge in [0, 0.05) is 0 Å². The molecule has 0 saturated heterocycles. The van der Waals surface area contributed by atoms with Gasteiger partial charge < -0.3 is 5.32 Å². The molecular formula is C6H9ClN2. The van der Waals surface area contributed by atoms with E-state index in [1.54, 1.807) is 12.3 Å². The summed E-state index contributed by atoms with van der Waals surface area (Å²) in [5, 5.41) is 1.90. The van der Waals surface area contributed by atoms with Crippen LogP contribution in [0.5, 0.6) is 0 Å². The quantitative estimate of drug-likeness (QED) is 0.392. The first-order chi connectivity index (χ1) is 4.10. The van der Waals surface area contributed by atoms with Crippen LogP contribution in [0.2, 0.25) is 0 Å². The SMILES string of the molecule is CC1=CC(N)(Cl)NC=C1. The Bertz CT molecular complexity index is 170. The molecule has 0 amide bonds. The lowest BCUT2D eigenvalue weighted by molar-refractivity contribution is 0.647. The first kappa shape index (κ1) is 6.65. The Morgan fingerprint density at radius 3 is 2.78 bits per heavy atom. The van der Waals surface area contributed by atoms with E-state index in [2.05, 4.69) is 5.32 Å². The van der Waals surface area contributed by atoms with E-state index in [0.717, 1.165) is 5.57 Å². The zero-order valence-electron chi connectivity index (χ0n) is 5.19. The molecule has 0 saturated carbocycles. The largest absolute Gasteiger partial charge is 0.358 e. The van der Waals surface area contributed by atoms with Gasteiger partial charge in [-0.25, -0.2) is 0 Å². The van der Waals surface area contributed by atoms with Crippen molar-refractivity contribution in [2.45, 2.75) is 12.0 Å². The van der Waals surface area contributed by atoms with E-state index in [4.69, 9.17) is 17.3 Å². The van der Waals surface area contributed by atoms with Gasteiger partial charge in [-0.15, -0.1) is 0 Å². The average Bonchev–Trinajstić information content (AvgIpc) is 1.60. The maximum Gasteiger partial charge on any atom is 0.183 e. The molecule has 0 radical (unpaired) electrons. The van der Waals surface area contributed by atoms with Crippen LogP contribution >= 0.6 is 11.6 Å². The fraction of sp³-hybridized carbons (Fsp3) is 0.333. The second kappa shape index (κ2) is 2.05. The Morgan fingerprint density at radius 1 is 1.78 bits per heavy atom. The lowest BCUT2D eigenvalue weighted by Gasteiger charge is -2.21. The van der Waals surface area contributed by atoms with Gasteiger partial charge >= 0.3 is 0 Å². The lowest BCUT2D eigenvalue weighted by atomic mass is 10.2. The minimum absolute atomic E-state index is 0.876. The Kier molecular flexibility index (Phi) is 1.51. The molecule has 0 aromatic heterocycles. The van der Waals surface area contributed by atoms with Gasteiger partial charge in [0.1, 0.15) is 0 Å². The Morgan fingerprint density at radius 2 is 2.44 bits per heavy atom. The van der Waals surface area contributed by atoms with Crippen LogP contribution in [-0.4, -0.2) is 5.12 Å². The van der Waals surface area contributed by atoms with Gasteiger partial charge in [-0.1, -0.05) is 11.6 Å². The Hall–Kier alpha value is -0.470. The summed E-state index contributed by atoms with van der Waals surface area (Å²) in [7, 11) is 0. The van der Waals surface area contributed by atoms with E-state index < -0.39 is 5.12 Å². The van der Waals surface area contributed by atoms with Crippen molar-refractivity contribution >= 4 is 11.6 Å². The van der Waals surface area contributed by atoms with E-state index in [1.807, 2.05) is 13.0 Å². The van der Waals surface area contributed by atoms with Crippen LogP contribution < -0.4 is 11.1 Å². The molecule has 0 aromatic rings. The van der Waals surface area contributed by atoms with Crippen molar-refractivity contribution in [2.24, 2.45) is 5.73 Å². The summed E-state index contributed by atoms with van der Waals surface area (Å²) in [5.74, 6) is 0. The Balaban J connectivity index is 2.78. The van der Waals surface area contributed by atoms with E-state index in [1.165, 1.54) is 0 Å². The summed E-state index contributed by atoms with van der Waals surface area (Å²) in [4.78, 5) is 0. The summed E-state index contributed by atoms with van der Waals surface area (Å²) in [6.07, 6.45) is 5.41. The Labute approximate surface area is 59.4 Å². The topological polar surface area (TPSA) is 38.0 Å². The fourth-order valence-electron chi connectivity index (χ4n) is 0.722. The first-order valence-corrected chi connectivity index (χ1v) is 3.09. The third-order valence-corrected chi connectivity index (χ3v) is 1.31. The third kappa shape index (κ3) is 1.73. The number of alkyl halides is 1. The van der Waals surface area contributed by atoms with Gasteiger partial charge in [0.2, 0.25) is 0 Å². The minimum atomic E-state index is -0.876. The van der Waals surface area contributed by atoms with Crippen LogP contribution in [0.25, 0.3) is 0 Å². The van der Waals surface area contributed by atoms with Crippen LogP contribution in [0, 0.1) is 0 Å².